The minimum atomic E-state index is 0.181. The summed E-state index contributed by atoms with van der Waals surface area (Å²) >= 11 is 1.70. The molecule has 0 radical (unpaired) electrons. The van der Waals surface area contributed by atoms with Crippen LogP contribution >= 0.6 is 11.3 Å². The van der Waals surface area contributed by atoms with Crippen LogP contribution in [0.4, 0.5) is 0 Å². The standard InChI is InChI=1S/C13H16N2OS/c1-3-15-12(9-10(2)14-15)13(16)7-6-11-5-4-8-17-11/h4-5,8-9H,3,6-7H2,1-2H3. The highest BCUT2D eigenvalue weighted by Crippen LogP contribution is 2.14. The molecule has 0 amide bonds. The summed E-state index contributed by atoms with van der Waals surface area (Å²) in [6.45, 7) is 4.67. The van der Waals surface area contributed by atoms with E-state index in [2.05, 4.69) is 11.2 Å². The zero-order valence-corrected chi connectivity index (χ0v) is 11.0. The van der Waals surface area contributed by atoms with E-state index in [4.69, 9.17) is 0 Å². The maximum absolute atomic E-state index is 12.1. The summed E-state index contributed by atoms with van der Waals surface area (Å²) < 4.78 is 1.78. The molecule has 0 unspecified atom stereocenters. The molecule has 0 aliphatic carbocycles. The van der Waals surface area contributed by atoms with E-state index in [1.54, 1.807) is 16.0 Å². The second-order valence-corrected chi connectivity index (χ2v) is 5.02. The van der Waals surface area contributed by atoms with Gasteiger partial charge in [-0.25, -0.2) is 0 Å². The lowest BCUT2D eigenvalue weighted by Crippen LogP contribution is -2.10. The number of hydrogen-bond donors (Lipinski definition) is 0. The molecule has 4 heteroatoms. The van der Waals surface area contributed by atoms with E-state index in [1.807, 2.05) is 31.4 Å². The Morgan fingerprint density at radius 1 is 1.53 bits per heavy atom. The molecule has 2 heterocycles. The van der Waals surface area contributed by atoms with Crippen molar-refractivity contribution in [1.29, 1.82) is 0 Å². The molecular formula is C13H16N2OS. The summed E-state index contributed by atoms with van der Waals surface area (Å²) in [7, 11) is 0. The van der Waals surface area contributed by atoms with E-state index in [-0.39, 0.29) is 5.78 Å². The van der Waals surface area contributed by atoms with E-state index < -0.39 is 0 Å². The first-order valence-corrected chi connectivity index (χ1v) is 6.68. The Kier molecular flexibility index (Phi) is 3.74. The largest absolute Gasteiger partial charge is 0.292 e. The van der Waals surface area contributed by atoms with Gasteiger partial charge in [-0.2, -0.15) is 5.10 Å². The van der Waals surface area contributed by atoms with Crippen molar-refractivity contribution in [3.63, 3.8) is 0 Å². The van der Waals surface area contributed by atoms with Gasteiger partial charge in [0, 0.05) is 17.8 Å². The summed E-state index contributed by atoms with van der Waals surface area (Å²) in [5.41, 5.74) is 1.65. The molecule has 0 saturated carbocycles. The fourth-order valence-electron chi connectivity index (χ4n) is 1.83. The van der Waals surface area contributed by atoms with Crippen LogP contribution in [0, 0.1) is 6.92 Å². The number of nitrogens with zero attached hydrogens (tertiary/aromatic N) is 2. The average Bonchev–Trinajstić information content (AvgIpc) is 2.94. The molecule has 0 aromatic carbocycles. The molecule has 0 aliphatic rings. The second-order valence-electron chi connectivity index (χ2n) is 3.99. The first-order chi connectivity index (χ1) is 8.20. The molecule has 3 nitrogen and oxygen atoms in total. The van der Waals surface area contributed by atoms with Crippen LogP contribution in [-0.2, 0) is 13.0 Å². The van der Waals surface area contributed by atoms with Gasteiger partial charge in [0.15, 0.2) is 5.78 Å². The normalized spacial score (nSPS) is 10.7. The molecule has 2 rings (SSSR count). The van der Waals surface area contributed by atoms with Crippen molar-refractivity contribution < 1.29 is 4.79 Å². The molecular weight excluding hydrogens is 232 g/mol. The second kappa shape index (κ2) is 5.27. The predicted molar refractivity (Wildman–Crippen MR) is 69.6 cm³/mol. The van der Waals surface area contributed by atoms with Crippen LogP contribution in [0.1, 0.15) is 34.4 Å². The van der Waals surface area contributed by atoms with Crippen LogP contribution in [0.25, 0.3) is 0 Å². The van der Waals surface area contributed by atoms with Gasteiger partial charge in [-0.1, -0.05) is 6.07 Å². The van der Waals surface area contributed by atoms with Crippen LogP contribution < -0.4 is 0 Å². The number of Topliss-reactive ketones (excluding diaryl/α,β-unsaturated/α-hetero) is 1. The Morgan fingerprint density at radius 3 is 3.00 bits per heavy atom. The topological polar surface area (TPSA) is 34.9 Å². The van der Waals surface area contributed by atoms with Gasteiger partial charge in [-0.05, 0) is 37.8 Å². The number of aryl methyl sites for hydroxylation is 3. The van der Waals surface area contributed by atoms with Crippen LogP contribution in [-0.4, -0.2) is 15.6 Å². The van der Waals surface area contributed by atoms with E-state index >= 15 is 0 Å². The molecule has 90 valence electrons. The maximum Gasteiger partial charge on any atom is 0.181 e. The molecule has 0 aliphatic heterocycles. The van der Waals surface area contributed by atoms with Crippen molar-refractivity contribution in [3.8, 4) is 0 Å². The summed E-state index contributed by atoms with van der Waals surface area (Å²) in [5.74, 6) is 0.181. The molecule has 17 heavy (non-hydrogen) atoms. The smallest absolute Gasteiger partial charge is 0.181 e. The zero-order valence-electron chi connectivity index (χ0n) is 10.1. The number of ketones is 1. The fraction of sp³-hybridized carbons (Fsp3) is 0.385. The first kappa shape index (κ1) is 12.0. The quantitative estimate of drug-likeness (QED) is 0.762. The highest BCUT2D eigenvalue weighted by atomic mass is 32.1. The van der Waals surface area contributed by atoms with Gasteiger partial charge >= 0.3 is 0 Å². The Balaban J connectivity index is 2.04. The van der Waals surface area contributed by atoms with E-state index in [1.165, 1.54) is 4.88 Å². The monoisotopic (exact) mass is 248 g/mol. The molecule has 0 N–H and O–H groups in total. The molecule has 0 atom stereocenters. The molecule has 0 fully saturated rings. The number of carbonyl (C=O) groups excluding carboxylic acids is 1. The van der Waals surface area contributed by atoms with Crippen molar-refractivity contribution >= 4 is 17.1 Å². The van der Waals surface area contributed by atoms with Crippen LogP contribution in [0.5, 0.6) is 0 Å². The maximum atomic E-state index is 12.1. The highest BCUT2D eigenvalue weighted by Gasteiger charge is 2.13. The fourth-order valence-corrected chi connectivity index (χ4v) is 2.54. The van der Waals surface area contributed by atoms with Gasteiger partial charge < -0.3 is 0 Å². The van der Waals surface area contributed by atoms with Gasteiger partial charge in [-0.15, -0.1) is 11.3 Å². The van der Waals surface area contributed by atoms with Gasteiger partial charge in [-0.3, -0.25) is 9.48 Å². The van der Waals surface area contributed by atoms with Gasteiger partial charge in [0.2, 0.25) is 0 Å². The summed E-state index contributed by atoms with van der Waals surface area (Å²) in [6.07, 6.45) is 1.39. The minimum Gasteiger partial charge on any atom is -0.292 e. The first-order valence-electron chi connectivity index (χ1n) is 5.80. The molecule has 2 aromatic rings. The number of thiophene rings is 1. The van der Waals surface area contributed by atoms with E-state index in [0.29, 0.717) is 6.42 Å². The number of rotatable bonds is 5. The zero-order chi connectivity index (χ0) is 12.3. The van der Waals surface area contributed by atoms with Crippen LogP contribution in [0.2, 0.25) is 0 Å². The molecule has 0 spiro atoms. The Bertz CT molecular complexity index is 499. The van der Waals surface area contributed by atoms with E-state index in [0.717, 1.165) is 24.4 Å². The van der Waals surface area contributed by atoms with Crippen molar-refractivity contribution in [2.24, 2.45) is 0 Å². The lowest BCUT2D eigenvalue weighted by atomic mass is 10.1. The third kappa shape index (κ3) is 2.82. The van der Waals surface area contributed by atoms with Crippen molar-refractivity contribution in [1.82, 2.24) is 9.78 Å². The highest BCUT2D eigenvalue weighted by molar-refractivity contribution is 7.09. The SMILES string of the molecule is CCn1nc(C)cc1C(=O)CCc1cccs1. The third-order valence-corrected chi connectivity index (χ3v) is 3.60. The average molecular weight is 248 g/mol. The molecule has 0 saturated heterocycles. The van der Waals surface area contributed by atoms with Crippen molar-refractivity contribution in [2.75, 3.05) is 0 Å². The lowest BCUT2D eigenvalue weighted by Gasteiger charge is -2.02. The summed E-state index contributed by atoms with van der Waals surface area (Å²) in [5, 5.41) is 6.34. The van der Waals surface area contributed by atoms with Crippen LogP contribution in [0.15, 0.2) is 23.6 Å². The number of carbonyl (C=O) groups is 1. The number of hydrogen-bond acceptors (Lipinski definition) is 3. The molecule has 2 aromatic heterocycles. The minimum absolute atomic E-state index is 0.181. The van der Waals surface area contributed by atoms with E-state index in [9.17, 15) is 4.79 Å². The van der Waals surface area contributed by atoms with Gasteiger partial charge in [0.25, 0.3) is 0 Å². The Labute approximate surface area is 105 Å². The van der Waals surface area contributed by atoms with Crippen molar-refractivity contribution in [3.05, 3.63) is 39.8 Å². The van der Waals surface area contributed by atoms with Crippen molar-refractivity contribution in [2.45, 2.75) is 33.2 Å². The summed E-state index contributed by atoms with van der Waals surface area (Å²) in [6, 6.07) is 5.96. The van der Waals surface area contributed by atoms with Gasteiger partial charge in [0.05, 0.1) is 5.69 Å². The number of aromatic nitrogens is 2. The Morgan fingerprint density at radius 2 is 2.35 bits per heavy atom. The third-order valence-electron chi connectivity index (χ3n) is 2.67. The van der Waals surface area contributed by atoms with Gasteiger partial charge in [0.1, 0.15) is 5.69 Å². The molecule has 0 bridgehead atoms. The predicted octanol–water partition coefficient (Wildman–Crippen LogP) is 3.09. The van der Waals surface area contributed by atoms with Crippen LogP contribution in [0.3, 0.4) is 0 Å². The lowest BCUT2D eigenvalue weighted by molar-refractivity contribution is 0.0973. The Hall–Kier alpha value is -1.42. The summed E-state index contributed by atoms with van der Waals surface area (Å²) in [4.78, 5) is 13.3.